The van der Waals surface area contributed by atoms with Gasteiger partial charge in [0.1, 0.15) is 0 Å². The van der Waals surface area contributed by atoms with Gasteiger partial charge in [-0.05, 0) is 49.9 Å². The van der Waals surface area contributed by atoms with Crippen LogP contribution >= 0.6 is 43.6 Å². The molecule has 2 rings (SSSR count). The second kappa shape index (κ2) is 5.76. The third-order valence-corrected chi connectivity index (χ3v) is 5.39. The Balaban J connectivity index is 2.08. The van der Waals surface area contributed by atoms with Gasteiger partial charge in [-0.15, -0.1) is 0 Å². The van der Waals surface area contributed by atoms with Gasteiger partial charge in [0, 0.05) is 14.2 Å². The highest BCUT2D eigenvalue weighted by Crippen LogP contribution is 2.34. The average Bonchev–Trinajstić information content (AvgIpc) is 2.72. The fourth-order valence-electron chi connectivity index (χ4n) is 1.53. The van der Waals surface area contributed by atoms with Gasteiger partial charge in [-0.25, -0.2) is 0 Å². The summed E-state index contributed by atoms with van der Waals surface area (Å²) in [6.45, 7) is 5.39. The van der Waals surface area contributed by atoms with Gasteiger partial charge in [-0.3, -0.25) is 4.99 Å². The summed E-state index contributed by atoms with van der Waals surface area (Å²) in [6, 6.07) is 6.04. The number of hydrogen-bond donors (Lipinski definition) is 1. The van der Waals surface area contributed by atoms with E-state index in [0.717, 1.165) is 26.3 Å². The molecule has 1 aromatic rings. The van der Waals surface area contributed by atoms with Gasteiger partial charge in [0.2, 0.25) is 0 Å². The van der Waals surface area contributed by atoms with E-state index >= 15 is 0 Å². The van der Waals surface area contributed by atoms with Crippen LogP contribution in [0, 0.1) is 5.92 Å². The van der Waals surface area contributed by atoms with Gasteiger partial charge in [-0.1, -0.05) is 31.7 Å². The van der Waals surface area contributed by atoms with E-state index in [2.05, 4.69) is 56.0 Å². The normalized spacial score (nSPS) is 19.6. The topological polar surface area (TPSA) is 24.4 Å². The first kappa shape index (κ1) is 13.4. The minimum Gasteiger partial charge on any atom is -0.333 e. The maximum absolute atomic E-state index is 4.54. The molecule has 0 spiro atoms. The quantitative estimate of drug-likeness (QED) is 0.803. The van der Waals surface area contributed by atoms with Crippen molar-refractivity contribution >= 4 is 54.5 Å². The summed E-state index contributed by atoms with van der Waals surface area (Å²) < 4.78 is 2.09. The number of para-hydroxylation sites is 1. The third kappa shape index (κ3) is 3.26. The summed E-state index contributed by atoms with van der Waals surface area (Å²) in [6.07, 6.45) is 0. The van der Waals surface area contributed by atoms with Crippen molar-refractivity contribution in [3.63, 3.8) is 0 Å². The first-order valence-electron chi connectivity index (χ1n) is 5.50. The Morgan fingerprint density at radius 3 is 2.53 bits per heavy atom. The number of amidine groups is 1. The van der Waals surface area contributed by atoms with Gasteiger partial charge < -0.3 is 5.32 Å². The van der Waals surface area contributed by atoms with Crippen molar-refractivity contribution in [2.45, 2.75) is 19.1 Å². The molecule has 1 unspecified atom stereocenters. The zero-order chi connectivity index (χ0) is 12.4. The molecule has 1 aromatic carbocycles. The Labute approximate surface area is 123 Å². The van der Waals surface area contributed by atoms with Gasteiger partial charge in [-0.2, -0.15) is 0 Å². The molecule has 0 aliphatic carbocycles. The van der Waals surface area contributed by atoms with E-state index in [0.29, 0.717) is 11.2 Å². The number of nitrogens with one attached hydrogen (secondary N) is 1. The molecule has 1 N–H and O–H groups in total. The number of hydrogen-bond acceptors (Lipinski definition) is 3. The Morgan fingerprint density at radius 1 is 1.35 bits per heavy atom. The first-order valence-corrected chi connectivity index (χ1v) is 7.96. The smallest absolute Gasteiger partial charge is 0.161 e. The van der Waals surface area contributed by atoms with Gasteiger partial charge in [0.05, 0.1) is 12.2 Å². The molecule has 0 saturated heterocycles. The summed E-state index contributed by atoms with van der Waals surface area (Å²) in [5.74, 6) is 0.658. The molecule has 1 aliphatic heterocycles. The number of nitrogens with zero attached hydrogens (tertiary/aromatic N) is 1. The SMILES string of the molecule is CC(C)C1CN=C(Nc2c(Br)cccc2Br)S1. The van der Waals surface area contributed by atoms with Crippen LogP contribution in [0.1, 0.15) is 13.8 Å². The van der Waals surface area contributed by atoms with Crippen LogP contribution in [0.5, 0.6) is 0 Å². The number of anilines is 1. The lowest BCUT2D eigenvalue weighted by Crippen LogP contribution is -2.13. The molecular formula is C12H14Br2N2S. The van der Waals surface area contributed by atoms with Crippen molar-refractivity contribution in [1.82, 2.24) is 0 Å². The van der Waals surface area contributed by atoms with Crippen LogP contribution in [0.15, 0.2) is 32.1 Å². The monoisotopic (exact) mass is 376 g/mol. The molecule has 0 fully saturated rings. The third-order valence-electron chi connectivity index (χ3n) is 2.62. The molecule has 0 radical (unpaired) electrons. The summed E-state index contributed by atoms with van der Waals surface area (Å²) in [4.78, 5) is 4.54. The van der Waals surface area contributed by atoms with Crippen LogP contribution in [0.3, 0.4) is 0 Å². The maximum Gasteiger partial charge on any atom is 0.161 e. The molecule has 92 valence electrons. The zero-order valence-electron chi connectivity index (χ0n) is 9.71. The van der Waals surface area contributed by atoms with Crippen LogP contribution in [0.25, 0.3) is 0 Å². The molecule has 0 amide bonds. The molecular weight excluding hydrogens is 364 g/mol. The second-order valence-electron chi connectivity index (χ2n) is 4.27. The lowest BCUT2D eigenvalue weighted by Gasteiger charge is -2.13. The molecule has 0 aromatic heterocycles. The Morgan fingerprint density at radius 2 is 2.00 bits per heavy atom. The molecule has 1 aliphatic rings. The minimum atomic E-state index is 0.596. The van der Waals surface area contributed by atoms with Crippen molar-refractivity contribution < 1.29 is 0 Å². The molecule has 2 nitrogen and oxygen atoms in total. The fourth-order valence-corrected chi connectivity index (χ4v) is 3.75. The zero-order valence-corrected chi connectivity index (χ0v) is 13.7. The van der Waals surface area contributed by atoms with Crippen LogP contribution in [0.4, 0.5) is 5.69 Å². The number of thioether (sulfide) groups is 1. The Hall–Kier alpha value is -0.000000000000000111. The molecule has 0 bridgehead atoms. The number of aliphatic imine (C=N–C) groups is 1. The van der Waals surface area contributed by atoms with E-state index < -0.39 is 0 Å². The predicted molar refractivity (Wildman–Crippen MR) is 84.0 cm³/mol. The number of rotatable bonds is 2. The van der Waals surface area contributed by atoms with E-state index in [1.54, 1.807) is 0 Å². The van der Waals surface area contributed by atoms with Crippen LogP contribution in [-0.2, 0) is 0 Å². The van der Waals surface area contributed by atoms with Gasteiger partial charge >= 0.3 is 0 Å². The summed E-state index contributed by atoms with van der Waals surface area (Å²) in [5.41, 5.74) is 1.04. The number of benzene rings is 1. The van der Waals surface area contributed by atoms with Crippen molar-refractivity contribution in [3.8, 4) is 0 Å². The predicted octanol–water partition coefficient (Wildman–Crippen LogP) is 4.75. The van der Waals surface area contributed by atoms with Crippen molar-refractivity contribution in [1.29, 1.82) is 0 Å². The minimum absolute atomic E-state index is 0.596. The van der Waals surface area contributed by atoms with Gasteiger partial charge in [0.25, 0.3) is 0 Å². The average molecular weight is 378 g/mol. The van der Waals surface area contributed by atoms with Crippen LogP contribution < -0.4 is 5.32 Å². The summed E-state index contributed by atoms with van der Waals surface area (Å²) in [5, 5.41) is 4.99. The van der Waals surface area contributed by atoms with Crippen molar-refractivity contribution in [2.24, 2.45) is 10.9 Å². The van der Waals surface area contributed by atoms with Crippen LogP contribution in [-0.4, -0.2) is 17.0 Å². The molecule has 17 heavy (non-hydrogen) atoms. The van der Waals surface area contributed by atoms with Crippen molar-refractivity contribution in [3.05, 3.63) is 27.1 Å². The van der Waals surface area contributed by atoms with Crippen molar-refractivity contribution in [2.75, 3.05) is 11.9 Å². The lowest BCUT2D eigenvalue weighted by molar-refractivity contribution is 0.621. The molecule has 1 atom stereocenters. The summed E-state index contributed by atoms with van der Waals surface area (Å²) >= 11 is 8.91. The van der Waals surface area contributed by atoms with E-state index in [1.807, 2.05) is 30.0 Å². The summed E-state index contributed by atoms with van der Waals surface area (Å²) in [7, 11) is 0. The maximum atomic E-state index is 4.54. The van der Waals surface area contributed by atoms with Gasteiger partial charge in [0.15, 0.2) is 5.17 Å². The molecule has 1 heterocycles. The Kier molecular flexibility index (Phi) is 4.55. The second-order valence-corrected chi connectivity index (χ2v) is 7.20. The van der Waals surface area contributed by atoms with E-state index in [1.165, 1.54) is 0 Å². The molecule has 0 saturated carbocycles. The lowest BCUT2D eigenvalue weighted by atomic mass is 10.1. The Bertz CT molecular complexity index is 426. The van der Waals surface area contributed by atoms with E-state index in [-0.39, 0.29) is 0 Å². The first-order chi connectivity index (χ1) is 8.08. The van der Waals surface area contributed by atoms with E-state index in [9.17, 15) is 0 Å². The standard InChI is InChI=1S/C12H14Br2N2S/c1-7(2)10-6-15-12(17-10)16-11-8(13)4-3-5-9(11)14/h3-5,7,10H,6H2,1-2H3,(H,15,16). The molecule has 5 heteroatoms. The highest BCUT2D eigenvalue weighted by molar-refractivity contribution is 9.11. The highest BCUT2D eigenvalue weighted by atomic mass is 79.9. The number of halogens is 2. The van der Waals surface area contributed by atoms with Crippen LogP contribution in [0.2, 0.25) is 0 Å². The highest BCUT2D eigenvalue weighted by Gasteiger charge is 2.23. The fraction of sp³-hybridized carbons (Fsp3) is 0.417. The van der Waals surface area contributed by atoms with E-state index in [4.69, 9.17) is 0 Å². The largest absolute Gasteiger partial charge is 0.333 e.